The fourth-order valence-electron chi connectivity index (χ4n) is 3.38. The molecule has 26 heavy (non-hydrogen) atoms. The maximum absolute atomic E-state index is 12.8. The summed E-state index contributed by atoms with van der Waals surface area (Å²) in [6.07, 6.45) is 1.99. The Morgan fingerprint density at radius 3 is 2.73 bits per heavy atom. The quantitative estimate of drug-likeness (QED) is 0.845. The lowest BCUT2D eigenvalue weighted by Gasteiger charge is -2.34. The number of carbonyl (C=O) groups is 2. The smallest absolute Gasteiger partial charge is 0.287 e. The number of aryl methyl sites for hydroxylation is 1. The molecule has 0 fully saturated rings. The van der Waals surface area contributed by atoms with E-state index in [1.54, 1.807) is 12.1 Å². The molecular formula is C21H27NO4. The molecule has 1 atom stereocenters. The molecule has 1 aromatic carbocycles. The summed E-state index contributed by atoms with van der Waals surface area (Å²) >= 11 is 0. The van der Waals surface area contributed by atoms with Gasteiger partial charge in [0.05, 0.1) is 12.0 Å². The molecule has 0 aliphatic carbocycles. The monoisotopic (exact) mass is 357 g/mol. The third kappa shape index (κ3) is 3.22. The molecule has 0 radical (unpaired) electrons. The predicted molar refractivity (Wildman–Crippen MR) is 101 cm³/mol. The topological polar surface area (TPSA) is 68.5 Å². The average Bonchev–Trinajstić information content (AvgIpc) is 2.91. The van der Waals surface area contributed by atoms with Crippen molar-refractivity contribution in [1.82, 2.24) is 5.32 Å². The van der Waals surface area contributed by atoms with Gasteiger partial charge in [0.2, 0.25) is 0 Å². The van der Waals surface area contributed by atoms with Crippen molar-refractivity contribution in [1.29, 1.82) is 0 Å². The minimum absolute atomic E-state index is 0.0388. The number of furan rings is 1. The summed E-state index contributed by atoms with van der Waals surface area (Å²) in [5, 5.41) is 3.59. The number of hydrogen-bond acceptors (Lipinski definition) is 4. The molecule has 0 saturated heterocycles. The Balaban J connectivity index is 1.99. The first-order valence-electron chi connectivity index (χ1n) is 9.32. The number of fused-ring (bicyclic) bond motifs is 3. The van der Waals surface area contributed by atoms with E-state index < -0.39 is 5.60 Å². The molecule has 0 unspecified atom stereocenters. The molecule has 0 spiro atoms. The van der Waals surface area contributed by atoms with Gasteiger partial charge in [0.1, 0.15) is 16.9 Å². The number of rotatable bonds is 5. The molecule has 5 nitrogen and oxygen atoms in total. The largest absolute Gasteiger partial charge is 0.486 e. The van der Waals surface area contributed by atoms with Gasteiger partial charge < -0.3 is 14.5 Å². The molecule has 1 aromatic heterocycles. The van der Waals surface area contributed by atoms with Gasteiger partial charge in [-0.1, -0.05) is 20.8 Å². The SMILES string of the molecule is CC[C@]1(C)CC(=O)c2c(ccc3oc(C(=O)NCCC(C)C)c(C)c23)O1. The van der Waals surface area contributed by atoms with Crippen molar-refractivity contribution in [2.45, 2.75) is 59.5 Å². The highest BCUT2D eigenvalue weighted by Gasteiger charge is 2.37. The van der Waals surface area contributed by atoms with Crippen LogP contribution < -0.4 is 10.1 Å². The van der Waals surface area contributed by atoms with Crippen LogP contribution in [-0.4, -0.2) is 23.8 Å². The van der Waals surface area contributed by atoms with Crippen LogP contribution in [0.5, 0.6) is 5.75 Å². The molecule has 1 amide bonds. The molecule has 140 valence electrons. The Hall–Kier alpha value is -2.30. The zero-order chi connectivity index (χ0) is 19.1. The third-order valence-corrected chi connectivity index (χ3v) is 5.19. The van der Waals surface area contributed by atoms with E-state index in [0.717, 1.165) is 12.8 Å². The fourth-order valence-corrected chi connectivity index (χ4v) is 3.38. The molecule has 0 saturated carbocycles. The number of benzene rings is 1. The normalized spacial score (nSPS) is 19.5. The lowest BCUT2D eigenvalue weighted by molar-refractivity contribution is 0.0503. The van der Waals surface area contributed by atoms with Crippen LogP contribution in [-0.2, 0) is 0 Å². The second-order valence-corrected chi connectivity index (χ2v) is 7.81. The number of carbonyl (C=O) groups excluding carboxylic acids is 2. The van der Waals surface area contributed by atoms with E-state index in [0.29, 0.717) is 46.7 Å². The number of hydrogen-bond donors (Lipinski definition) is 1. The lowest BCUT2D eigenvalue weighted by atomic mass is 9.87. The van der Waals surface area contributed by atoms with Crippen molar-refractivity contribution >= 4 is 22.7 Å². The second kappa shape index (κ2) is 6.78. The highest BCUT2D eigenvalue weighted by Crippen LogP contribution is 2.41. The number of ketones is 1. The Morgan fingerprint density at radius 2 is 2.08 bits per heavy atom. The Morgan fingerprint density at radius 1 is 1.35 bits per heavy atom. The summed E-state index contributed by atoms with van der Waals surface area (Å²) in [7, 11) is 0. The molecule has 1 aliphatic rings. The Labute approximate surface area is 154 Å². The molecule has 0 bridgehead atoms. The number of Topliss-reactive ketones (excluding diaryl/α,β-unsaturated/α-hetero) is 1. The summed E-state index contributed by atoms with van der Waals surface area (Å²) in [4.78, 5) is 25.3. The number of ether oxygens (including phenoxy) is 1. The summed E-state index contributed by atoms with van der Waals surface area (Å²) in [5.41, 5.74) is 1.30. The van der Waals surface area contributed by atoms with Crippen LogP contribution >= 0.6 is 0 Å². The van der Waals surface area contributed by atoms with Crippen LogP contribution in [0.4, 0.5) is 0 Å². The Kier molecular flexibility index (Phi) is 4.82. The van der Waals surface area contributed by atoms with Gasteiger partial charge >= 0.3 is 0 Å². The van der Waals surface area contributed by atoms with Crippen molar-refractivity contribution in [3.8, 4) is 5.75 Å². The zero-order valence-corrected chi connectivity index (χ0v) is 16.2. The van der Waals surface area contributed by atoms with Gasteiger partial charge in [-0.25, -0.2) is 0 Å². The van der Waals surface area contributed by atoms with Gasteiger partial charge in [0, 0.05) is 17.5 Å². The zero-order valence-electron chi connectivity index (χ0n) is 16.2. The van der Waals surface area contributed by atoms with Gasteiger partial charge in [-0.05, 0) is 44.7 Å². The van der Waals surface area contributed by atoms with Gasteiger partial charge in [-0.2, -0.15) is 0 Å². The maximum Gasteiger partial charge on any atom is 0.287 e. The lowest BCUT2D eigenvalue weighted by Crippen LogP contribution is -2.38. The molecular weight excluding hydrogens is 330 g/mol. The van der Waals surface area contributed by atoms with Crippen LogP contribution in [0.1, 0.15) is 73.4 Å². The van der Waals surface area contributed by atoms with E-state index in [-0.39, 0.29) is 17.5 Å². The minimum atomic E-state index is -0.480. The highest BCUT2D eigenvalue weighted by atomic mass is 16.5. The van der Waals surface area contributed by atoms with Crippen LogP contribution in [0.3, 0.4) is 0 Å². The average molecular weight is 357 g/mol. The number of nitrogens with one attached hydrogen (secondary N) is 1. The van der Waals surface area contributed by atoms with E-state index in [2.05, 4.69) is 19.2 Å². The Bertz CT molecular complexity index is 865. The second-order valence-electron chi connectivity index (χ2n) is 7.81. The molecule has 2 heterocycles. The molecule has 5 heteroatoms. The van der Waals surface area contributed by atoms with Crippen molar-refractivity contribution in [2.24, 2.45) is 5.92 Å². The van der Waals surface area contributed by atoms with Crippen LogP contribution in [0, 0.1) is 12.8 Å². The van der Waals surface area contributed by atoms with E-state index in [9.17, 15) is 9.59 Å². The van der Waals surface area contributed by atoms with Gasteiger partial charge in [0.25, 0.3) is 5.91 Å². The minimum Gasteiger partial charge on any atom is -0.486 e. The van der Waals surface area contributed by atoms with Crippen LogP contribution in [0.15, 0.2) is 16.5 Å². The summed E-state index contributed by atoms with van der Waals surface area (Å²) in [6.45, 7) is 10.6. The van der Waals surface area contributed by atoms with E-state index in [4.69, 9.17) is 9.15 Å². The summed E-state index contributed by atoms with van der Waals surface area (Å²) < 4.78 is 11.9. The molecule has 1 aliphatic heterocycles. The van der Waals surface area contributed by atoms with Gasteiger partial charge in [-0.3, -0.25) is 9.59 Å². The van der Waals surface area contributed by atoms with Crippen molar-refractivity contribution < 1.29 is 18.7 Å². The van der Waals surface area contributed by atoms with Crippen molar-refractivity contribution in [3.05, 3.63) is 29.0 Å². The van der Waals surface area contributed by atoms with Gasteiger partial charge in [-0.15, -0.1) is 0 Å². The highest BCUT2D eigenvalue weighted by molar-refractivity contribution is 6.13. The van der Waals surface area contributed by atoms with Crippen LogP contribution in [0.25, 0.3) is 11.0 Å². The first kappa shape index (κ1) is 18.5. The van der Waals surface area contributed by atoms with Crippen LogP contribution in [0.2, 0.25) is 0 Å². The van der Waals surface area contributed by atoms with Gasteiger partial charge in [0.15, 0.2) is 11.5 Å². The fraction of sp³-hybridized carbons (Fsp3) is 0.524. The first-order chi connectivity index (χ1) is 12.3. The third-order valence-electron chi connectivity index (χ3n) is 5.19. The van der Waals surface area contributed by atoms with E-state index >= 15 is 0 Å². The maximum atomic E-state index is 12.8. The summed E-state index contributed by atoms with van der Waals surface area (Å²) in [5.74, 6) is 1.16. The summed E-state index contributed by atoms with van der Waals surface area (Å²) in [6, 6.07) is 3.55. The van der Waals surface area contributed by atoms with E-state index in [1.807, 2.05) is 20.8 Å². The molecule has 1 N–H and O–H groups in total. The van der Waals surface area contributed by atoms with E-state index in [1.165, 1.54) is 0 Å². The molecule has 3 rings (SSSR count). The van der Waals surface area contributed by atoms with Crippen molar-refractivity contribution in [2.75, 3.05) is 6.54 Å². The number of amides is 1. The first-order valence-corrected chi connectivity index (χ1v) is 9.32. The van der Waals surface area contributed by atoms with Crippen molar-refractivity contribution in [3.63, 3.8) is 0 Å². The standard InChI is InChI=1S/C21H27NO4/c1-6-21(5)11-14(23)18-16(26-21)8-7-15-17(18)13(4)19(25-15)20(24)22-10-9-12(2)3/h7-8,12H,6,9-11H2,1-5H3,(H,22,24)/t21-/m1/s1. The predicted octanol–water partition coefficient (Wildman–Crippen LogP) is 4.65. The molecule has 2 aromatic rings.